The number of nitrogens with zero attached hydrogens (tertiary/aromatic N) is 3. The first-order valence-corrected chi connectivity index (χ1v) is 10.9. The van der Waals surface area contributed by atoms with Gasteiger partial charge in [0.1, 0.15) is 5.82 Å². The molecule has 2 fully saturated rings. The molecule has 0 spiro atoms. The van der Waals surface area contributed by atoms with Gasteiger partial charge in [0.15, 0.2) is 5.96 Å². The fourth-order valence-corrected chi connectivity index (χ4v) is 4.19. The van der Waals surface area contributed by atoms with Gasteiger partial charge in [0.05, 0.1) is 0 Å². The second-order valence-corrected chi connectivity index (χ2v) is 7.95. The number of benzene rings is 1. The summed E-state index contributed by atoms with van der Waals surface area (Å²) in [5.74, 6) is 1.22. The van der Waals surface area contributed by atoms with Crippen LogP contribution in [-0.4, -0.2) is 74.5 Å². The molecule has 0 unspecified atom stereocenters. The summed E-state index contributed by atoms with van der Waals surface area (Å²) in [6.07, 6.45) is 5.32. The SMILES string of the molecule is CN=C(NCCc1cccc(F)c1)NCCN1CCN(C(=O)C2CCCC2)CC1.I. The predicted molar refractivity (Wildman–Crippen MR) is 130 cm³/mol. The van der Waals surface area contributed by atoms with Gasteiger partial charge >= 0.3 is 0 Å². The van der Waals surface area contributed by atoms with Crippen molar-refractivity contribution in [1.29, 1.82) is 0 Å². The summed E-state index contributed by atoms with van der Waals surface area (Å²) < 4.78 is 13.2. The third-order valence-electron chi connectivity index (χ3n) is 5.93. The Morgan fingerprint density at radius 1 is 1.13 bits per heavy atom. The molecule has 1 aliphatic carbocycles. The van der Waals surface area contributed by atoms with Crippen molar-refractivity contribution < 1.29 is 9.18 Å². The van der Waals surface area contributed by atoms with Crippen LogP contribution in [0.3, 0.4) is 0 Å². The summed E-state index contributed by atoms with van der Waals surface area (Å²) in [7, 11) is 1.75. The van der Waals surface area contributed by atoms with Crippen molar-refractivity contribution in [3.05, 3.63) is 35.6 Å². The van der Waals surface area contributed by atoms with Crippen LogP contribution < -0.4 is 10.6 Å². The number of carbonyl (C=O) groups is 1. The average molecular weight is 531 g/mol. The molecular weight excluding hydrogens is 496 g/mol. The number of nitrogens with one attached hydrogen (secondary N) is 2. The van der Waals surface area contributed by atoms with E-state index in [4.69, 9.17) is 0 Å². The van der Waals surface area contributed by atoms with Gasteiger partial charge in [-0.05, 0) is 37.0 Å². The van der Waals surface area contributed by atoms with E-state index in [1.54, 1.807) is 19.2 Å². The van der Waals surface area contributed by atoms with Gasteiger partial charge in [-0.1, -0.05) is 25.0 Å². The summed E-state index contributed by atoms with van der Waals surface area (Å²) in [6, 6.07) is 6.69. The Morgan fingerprint density at radius 3 is 2.50 bits per heavy atom. The molecule has 1 saturated heterocycles. The van der Waals surface area contributed by atoms with Crippen LogP contribution in [0, 0.1) is 11.7 Å². The zero-order chi connectivity index (χ0) is 20.5. The Kier molecular flexibility index (Phi) is 10.8. The number of rotatable bonds is 7. The molecule has 168 valence electrons. The van der Waals surface area contributed by atoms with Crippen molar-refractivity contribution in [2.24, 2.45) is 10.9 Å². The molecule has 1 amide bonds. The van der Waals surface area contributed by atoms with E-state index >= 15 is 0 Å². The number of hydrogen-bond acceptors (Lipinski definition) is 3. The number of piperazine rings is 1. The molecule has 3 rings (SSSR count). The minimum absolute atomic E-state index is 0. The number of aliphatic imine (C=N–C) groups is 1. The molecule has 0 radical (unpaired) electrons. The molecule has 1 heterocycles. The first-order valence-electron chi connectivity index (χ1n) is 10.9. The van der Waals surface area contributed by atoms with Crippen molar-refractivity contribution in [3.63, 3.8) is 0 Å². The van der Waals surface area contributed by atoms with E-state index in [2.05, 4.69) is 25.4 Å². The lowest BCUT2D eigenvalue weighted by Gasteiger charge is -2.36. The standard InChI is InChI=1S/C22H34FN5O.HI/c1-24-22(25-10-9-18-5-4-8-20(23)17-18)26-11-12-27-13-15-28(16-14-27)21(29)19-6-2-3-7-19;/h4-5,8,17,19H,2-3,6-7,9-16H2,1H3,(H2,24,25,26);1H. The van der Waals surface area contributed by atoms with Crippen molar-refractivity contribution in [1.82, 2.24) is 20.4 Å². The average Bonchev–Trinajstić information content (AvgIpc) is 3.27. The summed E-state index contributed by atoms with van der Waals surface area (Å²) >= 11 is 0. The van der Waals surface area contributed by atoms with E-state index in [-0.39, 0.29) is 35.7 Å². The van der Waals surface area contributed by atoms with Gasteiger partial charge in [0.25, 0.3) is 0 Å². The molecule has 2 N–H and O–H groups in total. The van der Waals surface area contributed by atoms with Crippen LogP contribution in [0.4, 0.5) is 4.39 Å². The molecule has 1 aliphatic heterocycles. The fourth-order valence-electron chi connectivity index (χ4n) is 4.19. The Hall–Kier alpha value is -1.42. The van der Waals surface area contributed by atoms with Crippen molar-refractivity contribution in [2.45, 2.75) is 32.1 Å². The minimum Gasteiger partial charge on any atom is -0.356 e. The number of guanidine groups is 1. The van der Waals surface area contributed by atoms with E-state index in [0.717, 1.165) is 70.1 Å². The molecule has 6 nitrogen and oxygen atoms in total. The van der Waals surface area contributed by atoms with E-state index < -0.39 is 0 Å². The summed E-state index contributed by atoms with van der Waals surface area (Å²) in [5.41, 5.74) is 0.970. The molecule has 1 aromatic carbocycles. The van der Waals surface area contributed by atoms with Crippen LogP contribution in [0.2, 0.25) is 0 Å². The lowest BCUT2D eigenvalue weighted by Crippen LogP contribution is -2.52. The highest BCUT2D eigenvalue weighted by Crippen LogP contribution is 2.26. The topological polar surface area (TPSA) is 60.0 Å². The van der Waals surface area contributed by atoms with Gasteiger partial charge < -0.3 is 15.5 Å². The van der Waals surface area contributed by atoms with Crippen LogP contribution in [0.25, 0.3) is 0 Å². The maximum absolute atomic E-state index is 13.2. The maximum Gasteiger partial charge on any atom is 0.225 e. The molecule has 30 heavy (non-hydrogen) atoms. The second kappa shape index (κ2) is 13.1. The molecule has 0 bridgehead atoms. The highest BCUT2D eigenvalue weighted by molar-refractivity contribution is 14.0. The maximum atomic E-state index is 13.2. The molecular formula is C22H35FIN5O. The van der Waals surface area contributed by atoms with Crippen molar-refractivity contribution in [3.8, 4) is 0 Å². The molecule has 1 saturated carbocycles. The van der Waals surface area contributed by atoms with Gasteiger partial charge in [0.2, 0.25) is 5.91 Å². The normalized spacial score (nSPS) is 18.2. The minimum atomic E-state index is -0.199. The number of halogens is 2. The second-order valence-electron chi connectivity index (χ2n) is 7.95. The van der Waals surface area contributed by atoms with Crippen LogP contribution >= 0.6 is 24.0 Å². The van der Waals surface area contributed by atoms with Gasteiger partial charge in [-0.15, -0.1) is 24.0 Å². The predicted octanol–water partition coefficient (Wildman–Crippen LogP) is 2.49. The summed E-state index contributed by atoms with van der Waals surface area (Å²) in [4.78, 5) is 21.2. The molecule has 0 atom stereocenters. The van der Waals surface area contributed by atoms with Gasteiger partial charge in [0, 0.05) is 58.8 Å². The Labute approximate surface area is 196 Å². The van der Waals surface area contributed by atoms with Crippen molar-refractivity contribution >= 4 is 35.8 Å². The summed E-state index contributed by atoms with van der Waals surface area (Å²) in [6.45, 7) is 5.99. The largest absolute Gasteiger partial charge is 0.356 e. The van der Waals surface area contributed by atoms with Gasteiger partial charge in [-0.3, -0.25) is 14.7 Å². The van der Waals surface area contributed by atoms with Crippen LogP contribution in [0.1, 0.15) is 31.2 Å². The third-order valence-corrected chi connectivity index (χ3v) is 5.93. The first kappa shape index (κ1) is 24.8. The first-order chi connectivity index (χ1) is 14.2. The molecule has 0 aromatic heterocycles. The smallest absolute Gasteiger partial charge is 0.225 e. The van der Waals surface area contributed by atoms with Crippen LogP contribution in [0.15, 0.2) is 29.3 Å². The number of amides is 1. The monoisotopic (exact) mass is 531 g/mol. The van der Waals surface area contributed by atoms with Gasteiger partial charge in [-0.25, -0.2) is 4.39 Å². The molecule has 2 aliphatic rings. The summed E-state index contributed by atoms with van der Waals surface area (Å²) in [5, 5.41) is 6.61. The van der Waals surface area contributed by atoms with Crippen molar-refractivity contribution in [2.75, 3.05) is 52.9 Å². The highest BCUT2D eigenvalue weighted by atomic mass is 127. The fraction of sp³-hybridized carbons (Fsp3) is 0.636. The van der Waals surface area contributed by atoms with E-state index in [0.29, 0.717) is 12.5 Å². The highest BCUT2D eigenvalue weighted by Gasteiger charge is 2.29. The van der Waals surface area contributed by atoms with E-state index in [1.165, 1.54) is 18.9 Å². The Bertz CT molecular complexity index is 688. The Morgan fingerprint density at radius 2 is 1.83 bits per heavy atom. The Balaban J connectivity index is 0.00000320. The lowest BCUT2D eigenvalue weighted by atomic mass is 10.1. The third kappa shape index (κ3) is 7.68. The molecule has 8 heteroatoms. The van der Waals surface area contributed by atoms with Crippen LogP contribution in [0.5, 0.6) is 0 Å². The number of carbonyl (C=O) groups excluding carboxylic acids is 1. The number of hydrogen-bond donors (Lipinski definition) is 2. The molecule has 1 aromatic rings. The zero-order valence-corrected chi connectivity index (χ0v) is 20.2. The van der Waals surface area contributed by atoms with Gasteiger partial charge in [-0.2, -0.15) is 0 Å². The van der Waals surface area contributed by atoms with E-state index in [9.17, 15) is 9.18 Å². The quantitative estimate of drug-likeness (QED) is 0.323. The van der Waals surface area contributed by atoms with Crippen LogP contribution in [-0.2, 0) is 11.2 Å². The lowest BCUT2D eigenvalue weighted by molar-refractivity contribution is -0.137. The zero-order valence-electron chi connectivity index (χ0n) is 17.9. The van der Waals surface area contributed by atoms with E-state index in [1.807, 2.05) is 6.07 Å².